The van der Waals surface area contributed by atoms with Gasteiger partial charge in [-0.3, -0.25) is 4.79 Å². The number of carbonyl (C=O) groups is 1. The average Bonchev–Trinajstić information content (AvgIpc) is 2.96. The summed E-state index contributed by atoms with van der Waals surface area (Å²) in [6, 6.07) is 12.8. The number of nitriles is 1. The maximum atomic E-state index is 13.1. The molecule has 0 aliphatic carbocycles. The average molecular weight is 425 g/mol. The van der Waals surface area contributed by atoms with Gasteiger partial charge in [-0.2, -0.15) is 5.26 Å². The Labute approximate surface area is 180 Å². The van der Waals surface area contributed by atoms with E-state index in [1.165, 1.54) is 12.1 Å². The van der Waals surface area contributed by atoms with Gasteiger partial charge in [0.25, 0.3) is 0 Å². The molecule has 4 atom stereocenters. The third kappa shape index (κ3) is 4.15. The smallest absolute Gasteiger partial charge is 0.232 e. The van der Waals surface area contributed by atoms with Gasteiger partial charge in [0.05, 0.1) is 17.4 Å². The van der Waals surface area contributed by atoms with Crippen LogP contribution in [0.5, 0.6) is 0 Å². The van der Waals surface area contributed by atoms with Crippen LogP contribution in [-0.4, -0.2) is 46.7 Å². The Morgan fingerprint density at radius 1 is 1.30 bits per heavy atom. The molecule has 2 aromatic rings. The minimum Gasteiger partial charge on any atom is -0.347 e. The number of fused-ring (bicyclic) bond motifs is 2. The van der Waals surface area contributed by atoms with Crippen LogP contribution in [0.3, 0.4) is 0 Å². The predicted molar refractivity (Wildman–Crippen MR) is 117 cm³/mol. The molecule has 3 unspecified atom stereocenters. The Morgan fingerprint density at radius 3 is 2.70 bits per heavy atom. The molecule has 156 valence electrons. The predicted octanol–water partition coefficient (Wildman–Crippen LogP) is 4.01. The molecule has 2 aliphatic rings. The maximum Gasteiger partial charge on any atom is 0.232 e. The Balaban J connectivity index is 1.38. The molecule has 1 amide bonds. The molecule has 5 nitrogen and oxygen atoms in total. The first kappa shape index (κ1) is 20.7. The van der Waals surface area contributed by atoms with Gasteiger partial charge >= 0.3 is 0 Å². The van der Waals surface area contributed by atoms with Crippen molar-refractivity contribution in [3.8, 4) is 6.07 Å². The summed E-state index contributed by atoms with van der Waals surface area (Å²) in [6.07, 6.45) is 2.65. The molecule has 2 aliphatic heterocycles. The van der Waals surface area contributed by atoms with E-state index in [1.54, 1.807) is 36.2 Å². The number of hydrogen-bond acceptors (Lipinski definition) is 5. The van der Waals surface area contributed by atoms with E-state index in [0.717, 1.165) is 17.8 Å². The van der Waals surface area contributed by atoms with Crippen LogP contribution in [0.4, 0.5) is 10.2 Å². The molecule has 3 heterocycles. The molecule has 0 radical (unpaired) electrons. The van der Waals surface area contributed by atoms with E-state index in [1.807, 2.05) is 17.9 Å². The van der Waals surface area contributed by atoms with Crippen LogP contribution in [0.1, 0.15) is 36.6 Å². The van der Waals surface area contributed by atoms with Crippen LogP contribution in [0, 0.1) is 23.1 Å². The molecule has 7 heteroatoms. The van der Waals surface area contributed by atoms with E-state index in [9.17, 15) is 9.18 Å². The molecule has 0 spiro atoms. The lowest BCUT2D eigenvalue weighted by Gasteiger charge is -2.42. The Hall–Kier alpha value is -2.59. The molecular weight excluding hydrogens is 399 g/mol. The zero-order valence-electron chi connectivity index (χ0n) is 17.2. The van der Waals surface area contributed by atoms with Crippen molar-refractivity contribution in [1.29, 1.82) is 5.26 Å². The van der Waals surface area contributed by atoms with Gasteiger partial charge in [-0.1, -0.05) is 19.1 Å². The SMILES string of the molecule is CC(SCC(=O)N1CC2C[C@H](C)C(C1)N2c1ccc(C#N)cn1)c1ccc(F)cc1. The molecule has 1 aromatic carbocycles. The van der Waals surface area contributed by atoms with Gasteiger partial charge in [0.1, 0.15) is 17.7 Å². The number of aromatic nitrogens is 1. The highest BCUT2D eigenvalue weighted by atomic mass is 32.2. The number of carbonyl (C=O) groups excluding carboxylic acids is 1. The minimum absolute atomic E-state index is 0.134. The number of pyridine rings is 1. The van der Waals surface area contributed by atoms with Gasteiger partial charge in [0.15, 0.2) is 0 Å². The summed E-state index contributed by atoms with van der Waals surface area (Å²) in [5.41, 5.74) is 1.58. The topological polar surface area (TPSA) is 60.2 Å². The second-order valence-corrected chi connectivity index (χ2v) is 9.49. The molecule has 2 fully saturated rings. The van der Waals surface area contributed by atoms with Gasteiger partial charge in [-0.05, 0) is 49.1 Å². The van der Waals surface area contributed by atoms with Crippen molar-refractivity contribution in [2.75, 3.05) is 23.7 Å². The first-order chi connectivity index (χ1) is 14.5. The highest BCUT2D eigenvalue weighted by Gasteiger charge is 2.45. The number of rotatable bonds is 5. The fraction of sp³-hybridized carbons (Fsp3) is 0.435. The number of benzene rings is 1. The highest BCUT2D eigenvalue weighted by Crippen LogP contribution is 2.38. The van der Waals surface area contributed by atoms with Gasteiger partial charge in [-0.25, -0.2) is 9.37 Å². The van der Waals surface area contributed by atoms with Crippen molar-refractivity contribution in [2.45, 2.75) is 37.6 Å². The lowest BCUT2D eigenvalue weighted by molar-refractivity contribution is -0.129. The normalized spacial score (nSPS) is 23.9. The number of piperazine rings is 1. The first-order valence-corrected chi connectivity index (χ1v) is 11.3. The highest BCUT2D eigenvalue weighted by molar-refractivity contribution is 8.00. The first-order valence-electron chi connectivity index (χ1n) is 10.3. The molecule has 1 aromatic heterocycles. The summed E-state index contributed by atoms with van der Waals surface area (Å²) in [6.45, 7) is 5.68. The molecular formula is C23H25FN4OS. The summed E-state index contributed by atoms with van der Waals surface area (Å²) >= 11 is 1.59. The van der Waals surface area contributed by atoms with E-state index in [-0.39, 0.29) is 29.1 Å². The van der Waals surface area contributed by atoms with E-state index in [0.29, 0.717) is 30.3 Å². The van der Waals surface area contributed by atoms with Crippen molar-refractivity contribution in [3.05, 3.63) is 59.5 Å². The summed E-state index contributed by atoms with van der Waals surface area (Å²) in [5, 5.41) is 9.13. The van der Waals surface area contributed by atoms with E-state index in [4.69, 9.17) is 5.26 Å². The zero-order chi connectivity index (χ0) is 21.3. The second-order valence-electron chi connectivity index (χ2n) is 8.16. The molecule has 30 heavy (non-hydrogen) atoms. The Kier molecular flexibility index (Phi) is 5.96. The molecule has 0 saturated carbocycles. The fourth-order valence-electron chi connectivity index (χ4n) is 4.51. The number of likely N-dealkylation sites (tertiary alicyclic amines) is 1. The minimum atomic E-state index is -0.244. The van der Waals surface area contributed by atoms with Crippen LogP contribution >= 0.6 is 11.8 Å². The maximum absolute atomic E-state index is 13.1. The van der Waals surface area contributed by atoms with Crippen molar-refractivity contribution >= 4 is 23.5 Å². The van der Waals surface area contributed by atoms with Crippen LogP contribution < -0.4 is 4.90 Å². The van der Waals surface area contributed by atoms with Crippen LogP contribution in [0.2, 0.25) is 0 Å². The number of amides is 1. The third-order valence-electron chi connectivity index (χ3n) is 6.18. The van der Waals surface area contributed by atoms with Crippen molar-refractivity contribution in [1.82, 2.24) is 9.88 Å². The van der Waals surface area contributed by atoms with Gasteiger partial charge in [0, 0.05) is 30.6 Å². The van der Waals surface area contributed by atoms with Gasteiger partial charge in [-0.15, -0.1) is 11.8 Å². The Morgan fingerprint density at radius 2 is 2.07 bits per heavy atom. The lowest BCUT2D eigenvalue weighted by atomic mass is 10.0. The Bertz CT molecular complexity index is 943. The number of hydrogen-bond donors (Lipinski definition) is 0. The summed E-state index contributed by atoms with van der Waals surface area (Å²) in [7, 11) is 0. The van der Waals surface area contributed by atoms with Crippen molar-refractivity contribution < 1.29 is 9.18 Å². The van der Waals surface area contributed by atoms with E-state index >= 15 is 0 Å². The monoisotopic (exact) mass is 424 g/mol. The van der Waals surface area contributed by atoms with Crippen LogP contribution in [0.25, 0.3) is 0 Å². The number of nitrogens with zero attached hydrogens (tertiary/aromatic N) is 4. The zero-order valence-corrected chi connectivity index (χ0v) is 18.0. The quantitative estimate of drug-likeness (QED) is 0.726. The van der Waals surface area contributed by atoms with Crippen molar-refractivity contribution in [3.63, 3.8) is 0 Å². The number of anilines is 1. The van der Waals surface area contributed by atoms with Crippen LogP contribution in [0.15, 0.2) is 42.6 Å². The van der Waals surface area contributed by atoms with E-state index in [2.05, 4.69) is 22.9 Å². The second kappa shape index (κ2) is 8.65. The molecule has 4 rings (SSSR count). The largest absolute Gasteiger partial charge is 0.347 e. The van der Waals surface area contributed by atoms with Gasteiger partial charge < -0.3 is 9.80 Å². The molecule has 2 bridgehead atoms. The fourth-order valence-corrected chi connectivity index (χ4v) is 5.44. The number of halogens is 1. The molecule has 2 saturated heterocycles. The van der Waals surface area contributed by atoms with Crippen LogP contribution in [-0.2, 0) is 4.79 Å². The third-order valence-corrected chi connectivity index (χ3v) is 7.37. The van der Waals surface area contributed by atoms with Crippen molar-refractivity contribution in [2.24, 2.45) is 5.92 Å². The lowest BCUT2D eigenvalue weighted by Crippen LogP contribution is -2.56. The summed E-state index contributed by atoms with van der Waals surface area (Å²) < 4.78 is 13.1. The number of thioether (sulfide) groups is 1. The van der Waals surface area contributed by atoms with E-state index < -0.39 is 0 Å². The molecule has 0 N–H and O–H groups in total. The summed E-state index contributed by atoms with van der Waals surface area (Å²) in [4.78, 5) is 21.7. The van der Waals surface area contributed by atoms with Gasteiger partial charge in [0.2, 0.25) is 5.91 Å². The standard InChI is InChI=1S/C23H25FN4OS/c1-15-9-20-12-27(13-21(15)28(20)22-8-3-17(10-25)11-26-22)23(29)14-30-16(2)18-4-6-19(24)7-5-18/h3-8,11,15-16,20-21H,9,12-14H2,1-2H3/t15-,16?,20?,21?/m0/s1. The summed E-state index contributed by atoms with van der Waals surface area (Å²) in [5.74, 6) is 1.70.